The van der Waals surface area contributed by atoms with Crippen LogP contribution in [0, 0.1) is 6.92 Å². The summed E-state index contributed by atoms with van der Waals surface area (Å²) >= 11 is 0. The van der Waals surface area contributed by atoms with Crippen LogP contribution in [0.25, 0.3) is 0 Å². The van der Waals surface area contributed by atoms with Crippen LogP contribution in [0.3, 0.4) is 0 Å². The number of carbonyl (C=O) groups is 3. The number of methoxy groups -OCH3 is 1. The first-order chi connectivity index (χ1) is 12.9. The number of benzene rings is 2. The number of hydrogen-bond donors (Lipinski definition) is 2. The minimum atomic E-state index is -0.450. The van der Waals surface area contributed by atoms with E-state index in [2.05, 4.69) is 15.4 Å². The van der Waals surface area contributed by atoms with Gasteiger partial charge in [-0.2, -0.15) is 0 Å². The maximum absolute atomic E-state index is 12.2. The fourth-order valence-corrected chi connectivity index (χ4v) is 2.25. The van der Waals surface area contributed by atoms with Gasteiger partial charge in [0.2, 0.25) is 5.91 Å². The summed E-state index contributed by atoms with van der Waals surface area (Å²) in [6, 6.07) is 14.1. The summed E-state index contributed by atoms with van der Waals surface area (Å²) in [5.41, 5.74) is 3.31. The van der Waals surface area contributed by atoms with Gasteiger partial charge < -0.3 is 15.4 Å². The van der Waals surface area contributed by atoms with Crippen molar-refractivity contribution in [2.75, 3.05) is 12.4 Å². The van der Waals surface area contributed by atoms with E-state index in [0.717, 1.165) is 11.1 Å². The van der Waals surface area contributed by atoms with Crippen LogP contribution in [0.5, 0.6) is 0 Å². The zero-order valence-corrected chi connectivity index (χ0v) is 15.5. The van der Waals surface area contributed by atoms with Crippen LogP contribution in [0.1, 0.15) is 28.4 Å². The van der Waals surface area contributed by atoms with Crippen LogP contribution >= 0.6 is 0 Å². The Labute approximate surface area is 158 Å². The molecule has 140 valence electrons. The number of amides is 2. The molecule has 0 fully saturated rings. The van der Waals surface area contributed by atoms with Gasteiger partial charge in [0.05, 0.1) is 12.7 Å². The molecule has 0 heterocycles. The number of anilines is 1. The molecule has 0 aromatic heterocycles. The number of nitrogens with one attached hydrogen (secondary N) is 2. The number of aryl methyl sites for hydroxylation is 1. The van der Waals surface area contributed by atoms with Crippen molar-refractivity contribution in [3.63, 3.8) is 0 Å². The van der Waals surface area contributed by atoms with Crippen molar-refractivity contribution in [3.05, 3.63) is 76.9 Å². The van der Waals surface area contributed by atoms with Crippen LogP contribution in [0.15, 0.2) is 60.2 Å². The van der Waals surface area contributed by atoms with E-state index in [4.69, 9.17) is 0 Å². The molecule has 0 atom stereocenters. The van der Waals surface area contributed by atoms with E-state index in [1.807, 2.05) is 31.2 Å². The number of carbonyl (C=O) groups excluding carboxylic acids is 3. The predicted molar refractivity (Wildman–Crippen MR) is 103 cm³/mol. The lowest BCUT2D eigenvalue weighted by Crippen LogP contribution is -2.22. The van der Waals surface area contributed by atoms with Gasteiger partial charge in [-0.05, 0) is 43.7 Å². The van der Waals surface area contributed by atoms with E-state index in [0.29, 0.717) is 17.8 Å². The van der Waals surface area contributed by atoms with E-state index >= 15 is 0 Å². The lowest BCUT2D eigenvalue weighted by atomic mass is 10.1. The Morgan fingerprint density at radius 3 is 2.22 bits per heavy atom. The summed E-state index contributed by atoms with van der Waals surface area (Å²) in [6.07, 6.45) is 1.26. The second kappa shape index (κ2) is 9.33. The van der Waals surface area contributed by atoms with Crippen LogP contribution in [0.4, 0.5) is 5.69 Å². The molecular weight excluding hydrogens is 344 g/mol. The Bertz CT molecular complexity index is 853. The highest BCUT2D eigenvalue weighted by molar-refractivity contribution is 6.07. The molecule has 0 saturated heterocycles. The van der Waals surface area contributed by atoms with Gasteiger partial charge in [0.15, 0.2) is 0 Å². The first kappa shape index (κ1) is 19.9. The minimum Gasteiger partial charge on any atom is -0.465 e. The largest absolute Gasteiger partial charge is 0.465 e. The minimum absolute atomic E-state index is 0.272. The molecule has 0 spiro atoms. The van der Waals surface area contributed by atoms with Crippen molar-refractivity contribution in [1.29, 1.82) is 0 Å². The van der Waals surface area contributed by atoms with E-state index in [1.165, 1.54) is 13.2 Å². The molecule has 2 N–H and O–H groups in total. The molecule has 2 amide bonds. The number of rotatable bonds is 6. The highest BCUT2D eigenvalue weighted by Crippen LogP contribution is 2.11. The molecule has 6 heteroatoms. The average Bonchev–Trinajstić information content (AvgIpc) is 2.67. The standard InChI is InChI=1S/C21H22N2O4/c1-14-4-6-16(7-5-14)13-22-19(24)12-15(2)20(25)23-18-10-8-17(9-11-18)21(26)27-3/h4-12H,13H2,1-3H3,(H,22,24)(H,23,25)/b15-12+. The van der Waals surface area contributed by atoms with Gasteiger partial charge in [0.1, 0.15) is 0 Å². The zero-order valence-electron chi connectivity index (χ0n) is 15.5. The first-order valence-electron chi connectivity index (χ1n) is 8.40. The van der Waals surface area contributed by atoms with Gasteiger partial charge in [-0.25, -0.2) is 4.79 Å². The Balaban J connectivity index is 1.90. The van der Waals surface area contributed by atoms with E-state index in [1.54, 1.807) is 31.2 Å². The molecule has 2 aromatic rings. The molecule has 0 bridgehead atoms. The zero-order chi connectivity index (χ0) is 19.8. The van der Waals surface area contributed by atoms with Crippen molar-refractivity contribution >= 4 is 23.5 Å². The van der Waals surface area contributed by atoms with E-state index in [-0.39, 0.29) is 11.5 Å². The molecule has 0 aliphatic heterocycles. The lowest BCUT2D eigenvalue weighted by molar-refractivity contribution is -0.117. The summed E-state index contributed by atoms with van der Waals surface area (Å²) in [5, 5.41) is 5.42. The van der Waals surface area contributed by atoms with Gasteiger partial charge in [-0.15, -0.1) is 0 Å². The summed E-state index contributed by atoms with van der Waals surface area (Å²) in [7, 11) is 1.30. The number of hydrogen-bond acceptors (Lipinski definition) is 4. The molecule has 0 aliphatic rings. The second-order valence-electron chi connectivity index (χ2n) is 6.05. The first-order valence-corrected chi connectivity index (χ1v) is 8.40. The van der Waals surface area contributed by atoms with Crippen LogP contribution in [0.2, 0.25) is 0 Å². The summed E-state index contributed by atoms with van der Waals surface area (Å²) in [6.45, 7) is 3.94. The summed E-state index contributed by atoms with van der Waals surface area (Å²) < 4.78 is 4.62. The molecule has 6 nitrogen and oxygen atoms in total. The summed E-state index contributed by atoms with van der Waals surface area (Å²) in [5.74, 6) is -1.19. The molecule has 0 aliphatic carbocycles. The van der Waals surface area contributed by atoms with Gasteiger partial charge in [0.25, 0.3) is 5.91 Å². The average molecular weight is 366 g/mol. The molecular formula is C21H22N2O4. The third-order valence-electron chi connectivity index (χ3n) is 3.86. The Morgan fingerprint density at radius 1 is 1.00 bits per heavy atom. The van der Waals surface area contributed by atoms with Gasteiger partial charge in [-0.1, -0.05) is 29.8 Å². The normalized spacial score (nSPS) is 10.9. The van der Waals surface area contributed by atoms with Crippen molar-refractivity contribution in [2.24, 2.45) is 0 Å². The van der Waals surface area contributed by atoms with Crippen LogP contribution in [-0.2, 0) is 20.9 Å². The predicted octanol–water partition coefficient (Wildman–Crippen LogP) is 2.98. The molecule has 2 aromatic carbocycles. The number of esters is 1. The van der Waals surface area contributed by atoms with Gasteiger partial charge in [0, 0.05) is 23.9 Å². The van der Waals surface area contributed by atoms with Crippen LogP contribution in [-0.4, -0.2) is 24.9 Å². The quantitative estimate of drug-likeness (QED) is 0.608. The van der Waals surface area contributed by atoms with Crippen molar-refractivity contribution in [1.82, 2.24) is 5.32 Å². The topological polar surface area (TPSA) is 84.5 Å². The van der Waals surface area contributed by atoms with Crippen LogP contribution < -0.4 is 10.6 Å². The lowest BCUT2D eigenvalue weighted by Gasteiger charge is -2.07. The Kier molecular flexibility index (Phi) is 6.88. The molecule has 27 heavy (non-hydrogen) atoms. The highest BCUT2D eigenvalue weighted by atomic mass is 16.5. The van der Waals surface area contributed by atoms with E-state index < -0.39 is 11.9 Å². The molecule has 0 saturated carbocycles. The summed E-state index contributed by atoms with van der Waals surface area (Å²) in [4.78, 5) is 35.6. The Hall–Kier alpha value is -3.41. The SMILES string of the molecule is COC(=O)c1ccc(NC(=O)/C(C)=C/C(=O)NCc2ccc(C)cc2)cc1. The fraction of sp³-hybridized carbons (Fsp3) is 0.190. The van der Waals surface area contributed by atoms with Crippen molar-refractivity contribution in [2.45, 2.75) is 20.4 Å². The molecule has 0 unspecified atom stereocenters. The van der Waals surface area contributed by atoms with Crippen molar-refractivity contribution < 1.29 is 19.1 Å². The second-order valence-corrected chi connectivity index (χ2v) is 6.05. The Morgan fingerprint density at radius 2 is 1.63 bits per heavy atom. The maximum Gasteiger partial charge on any atom is 0.337 e. The fourth-order valence-electron chi connectivity index (χ4n) is 2.25. The monoisotopic (exact) mass is 366 g/mol. The molecule has 0 radical (unpaired) electrons. The molecule has 2 rings (SSSR count). The maximum atomic E-state index is 12.2. The van der Waals surface area contributed by atoms with Gasteiger partial charge in [-0.3, -0.25) is 9.59 Å². The van der Waals surface area contributed by atoms with Crippen molar-refractivity contribution in [3.8, 4) is 0 Å². The third kappa shape index (κ3) is 6.11. The third-order valence-corrected chi connectivity index (χ3v) is 3.86. The van der Waals surface area contributed by atoms with Gasteiger partial charge >= 0.3 is 5.97 Å². The number of ether oxygens (including phenoxy) is 1. The highest BCUT2D eigenvalue weighted by Gasteiger charge is 2.09. The smallest absolute Gasteiger partial charge is 0.337 e. The van der Waals surface area contributed by atoms with E-state index in [9.17, 15) is 14.4 Å².